The smallest absolute Gasteiger partial charge is 0.376 e. The molecule has 0 atom stereocenters. The Hall–Kier alpha value is -1.50. The van der Waals surface area contributed by atoms with Gasteiger partial charge in [0, 0.05) is 5.69 Å². The summed E-state index contributed by atoms with van der Waals surface area (Å²) in [5, 5.41) is 4.06. The third-order valence-electron chi connectivity index (χ3n) is 1.86. The summed E-state index contributed by atoms with van der Waals surface area (Å²) in [6, 6.07) is 3.72. The van der Waals surface area contributed by atoms with Crippen molar-refractivity contribution < 1.29 is 22.4 Å². The Morgan fingerprint density at radius 3 is 2.56 bits per heavy atom. The van der Waals surface area contributed by atoms with E-state index in [1.807, 2.05) is 0 Å². The maximum Gasteiger partial charge on any atom is 0.405 e. The Morgan fingerprint density at radius 2 is 2.00 bits per heavy atom. The molecule has 0 unspecified atom stereocenters. The van der Waals surface area contributed by atoms with Crippen molar-refractivity contribution in [1.82, 2.24) is 5.32 Å². The summed E-state index contributed by atoms with van der Waals surface area (Å²) in [4.78, 5) is 11.0. The number of carbonyl (C=O) groups excluding carboxylic acids is 1. The van der Waals surface area contributed by atoms with Crippen LogP contribution >= 0.6 is 11.6 Å². The van der Waals surface area contributed by atoms with Crippen molar-refractivity contribution >= 4 is 23.2 Å². The van der Waals surface area contributed by atoms with Crippen LogP contribution in [0.5, 0.6) is 0 Å². The molecule has 0 aromatic heterocycles. The summed E-state index contributed by atoms with van der Waals surface area (Å²) in [6.45, 7) is -1.79. The second kappa shape index (κ2) is 5.90. The number of hydrogen-bond acceptors (Lipinski definition) is 2. The van der Waals surface area contributed by atoms with Crippen molar-refractivity contribution in [2.45, 2.75) is 6.18 Å². The molecule has 0 saturated heterocycles. The number of alkyl halides is 3. The van der Waals surface area contributed by atoms with Crippen LogP contribution in [-0.2, 0) is 4.79 Å². The van der Waals surface area contributed by atoms with Gasteiger partial charge in [-0.25, -0.2) is 4.39 Å². The van der Waals surface area contributed by atoms with Gasteiger partial charge in [-0.05, 0) is 18.2 Å². The lowest BCUT2D eigenvalue weighted by atomic mass is 10.3. The highest BCUT2D eigenvalue weighted by Crippen LogP contribution is 2.18. The van der Waals surface area contributed by atoms with Gasteiger partial charge in [0.05, 0.1) is 11.6 Å². The van der Waals surface area contributed by atoms with Crippen LogP contribution in [0.1, 0.15) is 0 Å². The van der Waals surface area contributed by atoms with Crippen LogP contribution < -0.4 is 10.6 Å². The Bertz CT molecular complexity index is 436. The minimum absolute atomic E-state index is 0.0814. The summed E-state index contributed by atoms with van der Waals surface area (Å²) in [6.07, 6.45) is -4.46. The monoisotopic (exact) mass is 284 g/mol. The Morgan fingerprint density at radius 1 is 1.33 bits per heavy atom. The van der Waals surface area contributed by atoms with E-state index < -0.39 is 31.0 Å². The number of rotatable bonds is 4. The van der Waals surface area contributed by atoms with Crippen molar-refractivity contribution in [2.24, 2.45) is 0 Å². The van der Waals surface area contributed by atoms with E-state index in [4.69, 9.17) is 11.6 Å². The Kier molecular flexibility index (Phi) is 4.77. The highest BCUT2D eigenvalue weighted by molar-refractivity contribution is 6.30. The first-order valence-electron chi connectivity index (χ1n) is 4.80. The van der Waals surface area contributed by atoms with Gasteiger partial charge in [-0.1, -0.05) is 11.6 Å². The van der Waals surface area contributed by atoms with E-state index in [0.717, 1.165) is 6.07 Å². The fourth-order valence-corrected chi connectivity index (χ4v) is 1.17. The first kappa shape index (κ1) is 14.6. The van der Waals surface area contributed by atoms with Gasteiger partial charge in [0.15, 0.2) is 0 Å². The number of anilines is 1. The van der Waals surface area contributed by atoms with E-state index in [1.165, 1.54) is 12.1 Å². The molecule has 0 aliphatic carbocycles. The van der Waals surface area contributed by atoms with Crippen LogP contribution in [0, 0.1) is 5.82 Å². The summed E-state index contributed by atoms with van der Waals surface area (Å²) in [5.41, 5.74) is 0.249. The van der Waals surface area contributed by atoms with E-state index in [1.54, 1.807) is 5.32 Å². The number of nitrogens with one attached hydrogen (secondary N) is 2. The normalized spacial score (nSPS) is 11.2. The molecule has 2 N–H and O–H groups in total. The maximum absolute atomic E-state index is 13.0. The lowest BCUT2D eigenvalue weighted by Gasteiger charge is -2.10. The van der Waals surface area contributed by atoms with Crippen LogP contribution in [0.4, 0.5) is 23.2 Å². The average Bonchev–Trinajstić information content (AvgIpc) is 2.27. The van der Waals surface area contributed by atoms with Crippen LogP contribution in [-0.4, -0.2) is 25.2 Å². The van der Waals surface area contributed by atoms with Gasteiger partial charge >= 0.3 is 6.18 Å². The minimum Gasteiger partial charge on any atom is -0.376 e. The molecule has 0 aliphatic heterocycles. The topological polar surface area (TPSA) is 41.1 Å². The molecule has 18 heavy (non-hydrogen) atoms. The predicted octanol–water partition coefficient (Wildman–Crippen LogP) is 2.57. The van der Waals surface area contributed by atoms with Gasteiger partial charge in [0.25, 0.3) is 0 Å². The minimum atomic E-state index is -4.46. The molecule has 8 heteroatoms. The van der Waals surface area contributed by atoms with Gasteiger partial charge in [-0.15, -0.1) is 0 Å². The van der Waals surface area contributed by atoms with Crippen LogP contribution in [0.2, 0.25) is 5.02 Å². The molecular formula is C10H9ClF4N2O. The second-order valence-corrected chi connectivity index (χ2v) is 3.78. The highest BCUT2D eigenvalue weighted by Gasteiger charge is 2.27. The summed E-state index contributed by atoms with van der Waals surface area (Å²) < 4.78 is 48.3. The van der Waals surface area contributed by atoms with Crippen LogP contribution in [0.25, 0.3) is 0 Å². The Labute approximate surface area is 105 Å². The molecule has 0 aliphatic rings. The first-order chi connectivity index (χ1) is 8.28. The van der Waals surface area contributed by atoms with Crippen LogP contribution in [0.15, 0.2) is 18.2 Å². The molecule has 100 valence electrons. The molecule has 1 amide bonds. The average molecular weight is 285 g/mol. The fraction of sp³-hybridized carbons (Fsp3) is 0.300. The van der Waals surface area contributed by atoms with Crippen molar-refractivity contribution in [3.05, 3.63) is 29.0 Å². The van der Waals surface area contributed by atoms with E-state index in [2.05, 4.69) is 5.32 Å². The van der Waals surface area contributed by atoms with Gasteiger partial charge in [0.2, 0.25) is 5.91 Å². The zero-order valence-electron chi connectivity index (χ0n) is 8.94. The van der Waals surface area contributed by atoms with E-state index in [-0.39, 0.29) is 10.7 Å². The summed E-state index contributed by atoms with van der Waals surface area (Å²) >= 11 is 5.44. The molecule has 0 saturated carbocycles. The number of hydrogen-bond donors (Lipinski definition) is 2. The van der Waals surface area contributed by atoms with Crippen molar-refractivity contribution in [3.63, 3.8) is 0 Å². The maximum atomic E-state index is 13.0. The first-order valence-corrected chi connectivity index (χ1v) is 5.18. The van der Waals surface area contributed by atoms with E-state index in [9.17, 15) is 22.4 Å². The zero-order valence-corrected chi connectivity index (χ0v) is 9.70. The highest BCUT2D eigenvalue weighted by atomic mass is 35.5. The number of halogens is 5. The quantitative estimate of drug-likeness (QED) is 0.835. The van der Waals surface area contributed by atoms with Gasteiger partial charge in [-0.3, -0.25) is 4.79 Å². The largest absolute Gasteiger partial charge is 0.405 e. The third-order valence-corrected chi connectivity index (χ3v) is 2.17. The molecule has 1 aromatic rings. The van der Waals surface area contributed by atoms with Crippen molar-refractivity contribution in [1.29, 1.82) is 0 Å². The molecular weight excluding hydrogens is 276 g/mol. The van der Waals surface area contributed by atoms with E-state index in [0.29, 0.717) is 0 Å². The van der Waals surface area contributed by atoms with Crippen LogP contribution in [0.3, 0.4) is 0 Å². The van der Waals surface area contributed by atoms with Crippen molar-refractivity contribution in [2.75, 3.05) is 18.4 Å². The molecule has 1 aromatic carbocycles. The predicted molar refractivity (Wildman–Crippen MR) is 59.0 cm³/mol. The molecule has 3 nitrogen and oxygen atoms in total. The summed E-state index contributed by atoms with van der Waals surface area (Å²) in [7, 11) is 0. The number of carbonyl (C=O) groups is 1. The molecule has 0 spiro atoms. The second-order valence-electron chi connectivity index (χ2n) is 3.37. The lowest BCUT2D eigenvalue weighted by Crippen LogP contribution is -2.37. The summed E-state index contributed by atoms with van der Waals surface area (Å²) in [5.74, 6) is -1.53. The molecule has 0 heterocycles. The van der Waals surface area contributed by atoms with Crippen molar-refractivity contribution in [3.8, 4) is 0 Å². The third kappa shape index (κ3) is 5.22. The molecule has 0 radical (unpaired) electrons. The SMILES string of the molecule is O=C(CNc1ccc(Cl)c(F)c1)NCC(F)(F)F. The standard InChI is InChI=1S/C10H9ClF4N2O/c11-7-2-1-6(3-8(7)12)16-4-9(18)17-5-10(13,14)15/h1-3,16H,4-5H2,(H,17,18). The Balaban J connectivity index is 2.40. The van der Waals surface area contributed by atoms with E-state index >= 15 is 0 Å². The van der Waals surface area contributed by atoms with Gasteiger partial charge < -0.3 is 10.6 Å². The number of benzene rings is 1. The van der Waals surface area contributed by atoms with Gasteiger partial charge in [0.1, 0.15) is 12.4 Å². The fourth-order valence-electron chi connectivity index (χ4n) is 1.05. The van der Waals surface area contributed by atoms with Gasteiger partial charge in [-0.2, -0.15) is 13.2 Å². The molecule has 1 rings (SSSR count). The number of amides is 1. The molecule has 0 fully saturated rings. The zero-order chi connectivity index (χ0) is 13.8. The lowest BCUT2D eigenvalue weighted by molar-refractivity contribution is -0.137. The molecule has 0 bridgehead atoms.